The molecule has 8 nitrogen and oxygen atoms in total. The Kier molecular flexibility index (Phi) is 10.6. The summed E-state index contributed by atoms with van der Waals surface area (Å²) in [5, 5.41) is 14.4. The lowest BCUT2D eigenvalue weighted by atomic mass is 10.0. The zero-order chi connectivity index (χ0) is 24.9. The Balaban J connectivity index is 1.44. The molecular formula is C27H33N3O5. The van der Waals surface area contributed by atoms with Crippen LogP contribution in [0.1, 0.15) is 31.7 Å². The van der Waals surface area contributed by atoms with Gasteiger partial charge in [0.05, 0.1) is 26.4 Å². The highest BCUT2D eigenvalue weighted by molar-refractivity contribution is 6.02. The summed E-state index contributed by atoms with van der Waals surface area (Å²) in [5.74, 6) is -0.775. The van der Waals surface area contributed by atoms with E-state index < -0.39 is 5.91 Å². The zero-order valence-corrected chi connectivity index (χ0v) is 20.3. The fourth-order valence-electron chi connectivity index (χ4n) is 3.90. The zero-order valence-electron chi connectivity index (χ0n) is 20.3. The number of rotatable bonds is 12. The van der Waals surface area contributed by atoms with Crippen molar-refractivity contribution in [3.8, 4) is 6.07 Å². The van der Waals surface area contributed by atoms with Gasteiger partial charge in [-0.05, 0) is 59.9 Å². The SMILES string of the molecule is CC(=O)OCCOCCOCCNC(=O)/C(C#N)=C/c1ccc2cc(N3CCCCC3)ccc2c1. The predicted octanol–water partition coefficient (Wildman–Crippen LogP) is 3.45. The van der Waals surface area contributed by atoms with Gasteiger partial charge >= 0.3 is 5.97 Å². The van der Waals surface area contributed by atoms with Crippen LogP contribution in [-0.4, -0.2) is 64.5 Å². The van der Waals surface area contributed by atoms with E-state index >= 15 is 0 Å². The lowest BCUT2D eigenvalue weighted by Gasteiger charge is -2.29. The topological polar surface area (TPSA) is 101 Å². The summed E-state index contributed by atoms with van der Waals surface area (Å²) in [6.45, 7) is 5.36. The average Bonchev–Trinajstić information content (AvgIpc) is 2.88. The van der Waals surface area contributed by atoms with Crippen LogP contribution >= 0.6 is 0 Å². The van der Waals surface area contributed by atoms with E-state index in [9.17, 15) is 14.9 Å². The fourth-order valence-corrected chi connectivity index (χ4v) is 3.90. The van der Waals surface area contributed by atoms with E-state index in [4.69, 9.17) is 14.2 Å². The van der Waals surface area contributed by atoms with Crippen molar-refractivity contribution in [2.75, 3.05) is 57.6 Å². The standard InChI is InChI=1S/C27H33N3O5/c1-21(31)35-16-15-34-14-13-33-12-9-29-27(32)25(20-28)18-22-5-6-24-19-26(8-7-23(24)17-22)30-10-3-2-4-11-30/h5-8,17-19H,2-4,9-16H2,1H3,(H,29,32)/b25-18+. The number of piperidine rings is 1. The molecule has 0 atom stereocenters. The van der Waals surface area contributed by atoms with Crippen LogP contribution in [0.4, 0.5) is 5.69 Å². The molecule has 0 spiro atoms. The monoisotopic (exact) mass is 479 g/mol. The highest BCUT2D eigenvalue weighted by Crippen LogP contribution is 2.26. The van der Waals surface area contributed by atoms with Crippen molar-refractivity contribution >= 4 is 34.4 Å². The minimum absolute atomic E-state index is 0.0445. The maximum Gasteiger partial charge on any atom is 0.302 e. The van der Waals surface area contributed by atoms with Crippen molar-refractivity contribution in [1.82, 2.24) is 5.32 Å². The van der Waals surface area contributed by atoms with Crippen molar-refractivity contribution in [2.24, 2.45) is 0 Å². The third-order valence-electron chi connectivity index (χ3n) is 5.68. The Bertz CT molecular complexity index is 1070. The van der Waals surface area contributed by atoms with E-state index in [0.717, 1.165) is 29.4 Å². The van der Waals surface area contributed by atoms with Crippen LogP contribution in [0.25, 0.3) is 16.8 Å². The van der Waals surface area contributed by atoms with Gasteiger partial charge in [-0.1, -0.05) is 18.2 Å². The van der Waals surface area contributed by atoms with E-state index in [2.05, 4.69) is 28.4 Å². The van der Waals surface area contributed by atoms with Crippen molar-refractivity contribution in [3.05, 3.63) is 47.5 Å². The molecule has 0 aromatic heterocycles. The number of carbonyl (C=O) groups is 2. The summed E-state index contributed by atoms with van der Waals surface area (Å²) in [6.07, 6.45) is 5.38. The second-order valence-electron chi connectivity index (χ2n) is 8.33. The normalized spacial score (nSPS) is 13.9. The number of hydrogen-bond donors (Lipinski definition) is 1. The Morgan fingerprint density at radius 2 is 1.66 bits per heavy atom. The van der Waals surface area contributed by atoms with Gasteiger partial charge in [-0.2, -0.15) is 5.26 Å². The molecule has 35 heavy (non-hydrogen) atoms. The number of fused-ring (bicyclic) bond motifs is 1. The van der Waals surface area contributed by atoms with Crippen LogP contribution in [0.15, 0.2) is 42.0 Å². The van der Waals surface area contributed by atoms with Crippen molar-refractivity contribution < 1.29 is 23.8 Å². The quantitative estimate of drug-likeness (QED) is 0.215. The maximum absolute atomic E-state index is 12.4. The molecule has 1 amide bonds. The first kappa shape index (κ1) is 26.2. The molecular weight excluding hydrogens is 446 g/mol. The van der Waals surface area contributed by atoms with Gasteiger partial charge in [0, 0.05) is 32.2 Å². The summed E-state index contributed by atoms with van der Waals surface area (Å²) in [7, 11) is 0. The van der Waals surface area contributed by atoms with E-state index in [1.54, 1.807) is 6.08 Å². The van der Waals surface area contributed by atoms with Gasteiger partial charge in [-0.3, -0.25) is 9.59 Å². The Morgan fingerprint density at radius 3 is 2.40 bits per heavy atom. The Hall–Kier alpha value is -3.41. The highest BCUT2D eigenvalue weighted by atomic mass is 16.6. The van der Waals surface area contributed by atoms with Gasteiger partial charge in [0.25, 0.3) is 5.91 Å². The lowest BCUT2D eigenvalue weighted by Crippen LogP contribution is -2.29. The molecule has 186 valence electrons. The van der Waals surface area contributed by atoms with E-state index in [1.807, 2.05) is 24.3 Å². The van der Waals surface area contributed by atoms with Crippen LogP contribution in [0.3, 0.4) is 0 Å². The van der Waals surface area contributed by atoms with Gasteiger partial charge in [-0.25, -0.2) is 0 Å². The largest absolute Gasteiger partial charge is 0.463 e. The van der Waals surface area contributed by atoms with Gasteiger partial charge in [0.2, 0.25) is 0 Å². The lowest BCUT2D eigenvalue weighted by molar-refractivity contribution is -0.142. The Labute approximate surface area is 206 Å². The van der Waals surface area contributed by atoms with Crippen LogP contribution in [0, 0.1) is 11.3 Å². The molecule has 0 radical (unpaired) electrons. The number of amides is 1. The molecule has 8 heteroatoms. The summed E-state index contributed by atoms with van der Waals surface area (Å²) < 4.78 is 15.4. The molecule has 0 unspecified atom stereocenters. The minimum atomic E-state index is -0.436. The summed E-state index contributed by atoms with van der Waals surface area (Å²) >= 11 is 0. The molecule has 0 bridgehead atoms. The number of nitriles is 1. The van der Waals surface area contributed by atoms with Crippen molar-refractivity contribution in [3.63, 3.8) is 0 Å². The third kappa shape index (κ3) is 8.71. The van der Waals surface area contributed by atoms with Crippen LogP contribution < -0.4 is 10.2 Å². The maximum atomic E-state index is 12.4. The summed E-state index contributed by atoms with van der Waals surface area (Å²) in [5.41, 5.74) is 2.09. The highest BCUT2D eigenvalue weighted by Gasteiger charge is 2.12. The van der Waals surface area contributed by atoms with Gasteiger partial charge in [0.15, 0.2) is 0 Å². The van der Waals surface area contributed by atoms with E-state index in [1.165, 1.54) is 31.9 Å². The number of benzene rings is 2. The van der Waals surface area contributed by atoms with Crippen molar-refractivity contribution in [1.29, 1.82) is 5.26 Å². The Morgan fingerprint density at radius 1 is 0.971 bits per heavy atom. The summed E-state index contributed by atoms with van der Waals surface area (Å²) in [6, 6.07) is 14.4. The molecule has 2 aromatic rings. The first-order chi connectivity index (χ1) is 17.1. The van der Waals surface area contributed by atoms with Gasteiger partial charge in [-0.15, -0.1) is 0 Å². The predicted molar refractivity (Wildman–Crippen MR) is 135 cm³/mol. The number of hydrogen-bond acceptors (Lipinski definition) is 7. The molecule has 1 fully saturated rings. The van der Waals surface area contributed by atoms with Crippen LogP contribution in [0.5, 0.6) is 0 Å². The number of carbonyl (C=O) groups excluding carboxylic acids is 2. The first-order valence-electron chi connectivity index (χ1n) is 12.0. The molecule has 1 N–H and O–H groups in total. The van der Waals surface area contributed by atoms with E-state index in [-0.39, 0.29) is 24.7 Å². The molecule has 2 aromatic carbocycles. The average molecular weight is 480 g/mol. The molecule has 0 aliphatic carbocycles. The van der Waals surface area contributed by atoms with Crippen LogP contribution in [0.2, 0.25) is 0 Å². The second kappa shape index (κ2) is 14.1. The molecule has 0 saturated carbocycles. The van der Waals surface area contributed by atoms with Gasteiger partial charge in [0.1, 0.15) is 18.2 Å². The number of esters is 1. The van der Waals surface area contributed by atoms with E-state index in [0.29, 0.717) is 26.4 Å². The minimum Gasteiger partial charge on any atom is -0.463 e. The molecule has 1 aliphatic heterocycles. The summed E-state index contributed by atoms with van der Waals surface area (Å²) in [4.78, 5) is 25.5. The molecule has 1 aliphatic rings. The molecule has 3 rings (SSSR count). The first-order valence-corrected chi connectivity index (χ1v) is 12.0. The smallest absolute Gasteiger partial charge is 0.302 e. The molecule has 1 saturated heterocycles. The second-order valence-corrected chi connectivity index (χ2v) is 8.33. The van der Waals surface area contributed by atoms with Crippen LogP contribution in [-0.2, 0) is 23.8 Å². The fraction of sp³-hybridized carbons (Fsp3) is 0.444. The number of nitrogens with one attached hydrogen (secondary N) is 1. The van der Waals surface area contributed by atoms with Crippen molar-refractivity contribution in [2.45, 2.75) is 26.2 Å². The van der Waals surface area contributed by atoms with Gasteiger partial charge < -0.3 is 24.4 Å². The number of nitrogens with zero attached hydrogens (tertiary/aromatic N) is 2. The number of ether oxygens (including phenoxy) is 3. The number of anilines is 1. The molecule has 1 heterocycles. The third-order valence-corrected chi connectivity index (χ3v) is 5.68.